The summed E-state index contributed by atoms with van der Waals surface area (Å²) in [6.45, 7) is 6.03. The van der Waals surface area contributed by atoms with Crippen LogP contribution in [-0.4, -0.2) is 52.7 Å². The van der Waals surface area contributed by atoms with Gasteiger partial charge >= 0.3 is 18.2 Å². The van der Waals surface area contributed by atoms with Crippen molar-refractivity contribution in [3.63, 3.8) is 0 Å². The van der Waals surface area contributed by atoms with E-state index in [4.69, 9.17) is 9.47 Å². The molecule has 0 aliphatic carbocycles. The maximum atomic E-state index is 12.3. The average Bonchev–Trinajstić information content (AvgIpc) is 2.63. The molecule has 1 aromatic carbocycles. The van der Waals surface area contributed by atoms with Crippen LogP contribution < -0.4 is 10.6 Å². The van der Waals surface area contributed by atoms with E-state index in [0.717, 1.165) is 5.56 Å². The molecule has 0 aliphatic heterocycles. The number of aliphatic carboxylic acids is 1. The molecule has 0 radical (unpaired) electrons. The number of aliphatic hydroxyl groups excluding tert-OH is 1. The van der Waals surface area contributed by atoms with E-state index >= 15 is 0 Å². The summed E-state index contributed by atoms with van der Waals surface area (Å²) < 4.78 is 10.3. The predicted octanol–water partition coefficient (Wildman–Crippen LogP) is 2.28. The van der Waals surface area contributed by atoms with E-state index in [1.165, 1.54) is 0 Å². The summed E-state index contributed by atoms with van der Waals surface area (Å²) in [5.41, 5.74) is -0.0199. The summed E-state index contributed by atoms with van der Waals surface area (Å²) in [7, 11) is 0. The van der Waals surface area contributed by atoms with Crippen LogP contribution in [0.4, 0.5) is 9.59 Å². The first kappa shape index (κ1) is 24.2. The summed E-state index contributed by atoms with van der Waals surface area (Å²) >= 11 is 0. The number of carboxylic acids is 1. The minimum absolute atomic E-state index is 0.00740. The molecule has 0 bridgehead atoms. The van der Waals surface area contributed by atoms with Crippen LogP contribution in [0.5, 0.6) is 0 Å². The van der Waals surface area contributed by atoms with Gasteiger partial charge in [-0.2, -0.15) is 0 Å². The molecule has 9 nitrogen and oxygen atoms in total. The number of amides is 2. The normalized spacial score (nSPS) is 14.2. The lowest BCUT2D eigenvalue weighted by atomic mass is 9.91. The van der Waals surface area contributed by atoms with E-state index in [1.54, 1.807) is 52.0 Å². The number of hydrogen-bond donors (Lipinski definition) is 4. The van der Waals surface area contributed by atoms with Gasteiger partial charge in [0.15, 0.2) is 0 Å². The highest BCUT2D eigenvalue weighted by Crippen LogP contribution is 2.15. The summed E-state index contributed by atoms with van der Waals surface area (Å²) in [4.78, 5) is 36.0. The fraction of sp³-hybridized carbons (Fsp3) is 0.550. The SMILES string of the molecule is CCC(C(=O)O)[C@H](NC(=O)OCc1ccccc1)[C@@H](CO)NC(=O)OC(C)(C)C. The highest BCUT2D eigenvalue weighted by molar-refractivity contribution is 5.74. The molecule has 0 fully saturated rings. The zero-order valence-corrected chi connectivity index (χ0v) is 17.2. The monoisotopic (exact) mass is 410 g/mol. The largest absolute Gasteiger partial charge is 0.481 e. The third-order valence-corrected chi connectivity index (χ3v) is 4.02. The molecular formula is C20H30N2O7. The fourth-order valence-corrected chi connectivity index (χ4v) is 2.67. The first-order chi connectivity index (χ1) is 13.6. The molecule has 1 aromatic rings. The molecule has 4 N–H and O–H groups in total. The van der Waals surface area contributed by atoms with Gasteiger partial charge < -0.3 is 30.3 Å². The third-order valence-electron chi connectivity index (χ3n) is 4.02. The molecule has 1 rings (SSSR count). The topological polar surface area (TPSA) is 134 Å². The second-order valence-corrected chi connectivity index (χ2v) is 7.52. The first-order valence-corrected chi connectivity index (χ1v) is 9.37. The van der Waals surface area contributed by atoms with Crippen LogP contribution in [0.1, 0.15) is 39.7 Å². The lowest BCUT2D eigenvalue weighted by Gasteiger charge is -2.31. The minimum Gasteiger partial charge on any atom is -0.481 e. The lowest BCUT2D eigenvalue weighted by molar-refractivity contribution is -0.143. The molecule has 9 heteroatoms. The van der Waals surface area contributed by atoms with Crippen molar-refractivity contribution in [3.8, 4) is 0 Å². The van der Waals surface area contributed by atoms with E-state index in [1.807, 2.05) is 6.07 Å². The third kappa shape index (κ3) is 8.82. The van der Waals surface area contributed by atoms with Gasteiger partial charge in [0, 0.05) is 0 Å². The highest BCUT2D eigenvalue weighted by atomic mass is 16.6. The van der Waals surface area contributed by atoms with E-state index in [2.05, 4.69) is 10.6 Å². The van der Waals surface area contributed by atoms with Crippen LogP contribution in [0.2, 0.25) is 0 Å². The Morgan fingerprint density at radius 3 is 2.17 bits per heavy atom. The van der Waals surface area contributed by atoms with Gasteiger partial charge in [-0.15, -0.1) is 0 Å². The van der Waals surface area contributed by atoms with Crippen LogP contribution >= 0.6 is 0 Å². The van der Waals surface area contributed by atoms with Crippen LogP contribution in [-0.2, 0) is 20.9 Å². The second kappa shape index (κ2) is 11.3. The molecule has 162 valence electrons. The van der Waals surface area contributed by atoms with Crippen LogP contribution in [0, 0.1) is 5.92 Å². The van der Waals surface area contributed by atoms with Crippen molar-refractivity contribution in [1.82, 2.24) is 10.6 Å². The number of aliphatic hydroxyl groups is 1. The van der Waals surface area contributed by atoms with E-state index in [0.29, 0.717) is 0 Å². The van der Waals surface area contributed by atoms with Crippen molar-refractivity contribution in [2.75, 3.05) is 6.61 Å². The number of alkyl carbamates (subject to hydrolysis) is 2. The smallest absolute Gasteiger partial charge is 0.408 e. The van der Waals surface area contributed by atoms with Gasteiger partial charge in [0.25, 0.3) is 0 Å². The Morgan fingerprint density at radius 2 is 1.69 bits per heavy atom. The predicted molar refractivity (Wildman–Crippen MR) is 105 cm³/mol. The molecule has 3 atom stereocenters. The van der Waals surface area contributed by atoms with Crippen molar-refractivity contribution < 1.29 is 34.1 Å². The Balaban J connectivity index is 2.88. The lowest BCUT2D eigenvalue weighted by Crippen LogP contribution is -2.58. The molecular weight excluding hydrogens is 380 g/mol. The standard InChI is InChI=1S/C20H30N2O7/c1-5-14(17(24)25)16(15(11-23)21-19(27)29-20(2,3)4)22-18(26)28-12-13-9-7-6-8-10-13/h6-10,14-16,23H,5,11-12H2,1-4H3,(H,21,27)(H,22,26)(H,24,25)/t14?,15-,16+/m1/s1. The van der Waals surface area contributed by atoms with E-state index in [-0.39, 0.29) is 13.0 Å². The Labute approximate surface area is 170 Å². The quantitative estimate of drug-likeness (QED) is 0.490. The second-order valence-electron chi connectivity index (χ2n) is 7.52. The zero-order chi connectivity index (χ0) is 22.0. The van der Waals surface area contributed by atoms with Gasteiger partial charge in [-0.1, -0.05) is 37.3 Å². The number of carbonyl (C=O) groups is 3. The first-order valence-electron chi connectivity index (χ1n) is 9.37. The molecule has 0 saturated carbocycles. The molecule has 0 saturated heterocycles. The number of rotatable bonds is 9. The Kier molecular flexibility index (Phi) is 9.40. The molecule has 2 amide bonds. The summed E-state index contributed by atoms with van der Waals surface area (Å²) in [5, 5.41) is 24.1. The Morgan fingerprint density at radius 1 is 1.07 bits per heavy atom. The van der Waals surface area contributed by atoms with Crippen molar-refractivity contribution in [1.29, 1.82) is 0 Å². The highest BCUT2D eigenvalue weighted by Gasteiger charge is 2.36. The van der Waals surface area contributed by atoms with Crippen LogP contribution in [0.15, 0.2) is 30.3 Å². The van der Waals surface area contributed by atoms with Gasteiger partial charge in [0.2, 0.25) is 0 Å². The summed E-state index contributed by atoms with van der Waals surface area (Å²) in [6.07, 6.45) is -1.53. The molecule has 0 heterocycles. The number of hydrogen-bond acceptors (Lipinski definition) is 6. The minimum atomic E-state index is -1.18. The Bertz CT molecular complexity index is 673. The maximum absolute atomic E-state index is 12.3. The van der Waals surface area contributed by atoms with Crippen molar-refractivity contribution in [2.45, 2.75) is 58.4 Å². The maximum Gasteiger partial charge on any atom is 0.408 e. The van der Waals surface area contributed by atoms with Gasteiger partial charge in [0.05, 0.1) is 24.6 Å². The molecule has 0 aliphatic rings. The Hall–Kier alpha value is -2.81. The van der Waals surface area contributed by atoms with Crippen molar-refractivity contribution in [2.24, 2.45) is 5.92 Å². The van der Waals surface area contributed by atoms with Gasteiger partial charge in [0.1, 0.15) is 12.2 Å². The van der Waals surface area contributed by atoms with Crippen LogP contribution in [0.3, 0.4) is 0 Å². The van der Waals surface area contributed by atoms with Gasteiger partial charge in [-0.25, -0.2) is 9.59 Å². The number of ether oxygens (including phenoxy) is 2. The number of carbonyl (C=O) groups excluding carboxylic acids is 2. The zero-order valence-electron chi connectivity index (χ0n) is 17.2. The summed E-state index contributed by atoms with van der Waals surface area (Å²) in [5.74, 6) is -2.24. The number of nitrogens with one attached hydrogen (secondary N) is 2. The molecule has 1 unspecified atom stereocenters. The van der Waals surface area contributed by atoms with Crippen LogP contribution in [0.25, 0.3) is 0 Å². The van der Waals surface area contributed by atoms with E-state index < -0.39 is 48.4 Å². The van der Waals surface area contributed by atoms with Gasteiger partial charge in [-0.3, -0.25) is 4.79 Å². The van der Waals surface area contributed by atoms with E-state index in [9.17, 15) is 24.6 Å². The molecule has 0 spiro atoms. The molecule has 0 aromatic heterocycles. The number of carboxylic acid groups (broad SMARTS) is 1. The van der Waals surface area contributed by atoms with Crippen molar-refractivity contribution >= 4 is 18.2 Å². The average molecular weight is 410 g/mol. The molecule has 29 heavy (non-hydrogen) atoms. The number of benzene rings is 1. The summed E-state index contributed by atoms with van der Waals surface area (Å²) in [6, 6.07) is 6.77. The van der Waals surface area contributed by atoms with Crippen molar-refractivity contribution in [3.05, 3.63) is 35.9 Å². The van der Waals surface area contributed by atoms with Gasteiger partial charge in [-0.05, 0) is 32.8 Å². The fourth-order valence-electron chi connectivity index (χ4n) is 2.67.